The highest BCUT2D eigenvalue weighted by Gasteiger charge is 2.58. The Hall–Kier alpha value is -1.14. The van der Waals surface area contributed by atoms with Crippen LogP contribution in [0.5, 0.6) is 0 Å². The van der Waals surface area contributed by atoms with Crippen molar-refractivity contribution in [3.8, 4) is 0 Å². The highest BCUT2D eigenvalue weighted by Crippen LogP contribution is 2.46. The maximum atomic E-state index is 11.9. The van der Waals surface area contributed by atoms with E-state index in [0.29, 0.717) is 25.9 Å². The van der Waals surface area contributed by atoms with E-state index in [1.807, 2.05) is 6.92 Å². The van der Waals surface area contributed by atoms with Crippen LogP contribution in [0.2, 0.25) is 0 Å². The first kappa shape index (κ1) is 13.3. The van der Waals surface area contributed by atoms with Crippen molar-refractivity contribution in [2.24, 2.45) is 5.41 Å². The Balaban J connectivity index is 1.88. The van der Waals surface area contributed by atoms with Crippen molar-refractivity contribution in [2.75, 3.05) is 13.7 Å². The largest absolute Gasteiger partial charge is 0.480 e. The molecular formula is C12H19NO5. The Morgan fingerprint density at radius 1 is 1.44 bits per heavy atom. The summed E-state index contributed by atoms with van der Waals surface area (Å²) < 4.78 is 10.7. The van der Waals surface area contributed by atoms with Gasteiger partial charge in [-0.2, -0.15) is 0 Å². The van der Waals surface area contributed by atoms with Crippen LogP contribution >= 0.6 is 0 Å². The minimum atomic E-state index is -1.19. The summed E-state index contributed by atoms with van der Waals surface area (Å²) in [6.45, 7) is 2.51. The molecular weight excluding hydrogens is 238 g/mol. The number of nitrogens with one attached hydrogen (secondary N) is 1. The zero-order chi connectivity index (χ0) is 13.3. The minimum Gasteiger partial charge on any atom is -0.480 e. The maximum absolute atomic E-state index is 11.9. The first-order chi connectivity index (χ1) is 8.55. The van der Waals surface area contributed by atoms with Crippen LogP contribution in [0.4, 0.5) is 0 Å². The topological polar surface area (TPSA) is 84.9 Å². The van der Waals surface area contributed by atoms with Crippen LogP contribution in [0.3, 0.4) is 0 Å². The van der Waals surface area contributed by atoms with E-state index < -0.39 is 17.3 Å². The van der Waals surface area contributed by atoms with Gasteiger partial charge in [-0.05, 0) is 26.2 Å². The second-order valence-corrected chi connectivity index (χ2v) is 4.90. The van der Waals surface area contributed by atoms with Crippen molar-refractivity contribution in [1.29, 1.82) is 0 Å². The highest BCUT2D eigenvalue weighted by atomic mass is 16.5. The quantitative estimate of drug-likeness (QED) is 0.662. The zero-order valence-corrected chi connectivity index (χ0v) is 10.6. The van der Waals surface area contributed by atoms with Crippen LogP contribution in [0.15, 0.2) is 0 Å². The molecule has 2 saturated carbocycles. The molecule has 2 rings (SSSR count). The molecule has 2 N–H and O–H groups in total. The lowest BCUT2D eigenvalue weighted by molar-refractivity contribution is -0.155. The summed E-state index contributed by atoms with van der Waals surface area (Å²) in [5.74, 6) is -1.42. The fraction of sp³-hybridized carbons (Fsp3) is 0.833. The monoisotopic (exact) mass is 257 g/mol. The van der Waals surface area contributed by atoms with E-state index in [1.54, 1.807) is 7.11 Å². The van der Waals surface area contributed by atoms with Gasteiger partial charge < -0.3 is 19.9 Å². The van der Waals surface area contributed by atoms with Crippen molar-refractivity contribution >= 4 is 11.9 Å². The number of carbonyl (C=O) groups is 2. The van der Waals surface area contributed by atoms with Gasteiger partial charge in [0.25, 0.3) is 0 Å². The Kier molecular flexibility index (Phi) is 3.59. The van der Waals surface area contributed by atoms with Crippen LogP contribution in [-0.2, 0) is 19.1 Å². The number of hydrogen-bond acceptors (Lipinski definition) is 4. The second-order valence-electron chi connectivity index (χ2n) is 4.90. The van der Waals surface area contributed by atoms with E-state index in [9.17, 15) is 9.59 Å². The summed E-state index contributed by atoms with van der Waals surface area (Å²) in [6.07, 6.45) is 1.33. The van der Waals surface area contributed by atoms with Gasteiger partial charge in [-0.25, -0.2) is 0 Å². The summed E-state index contributed by atoms with van der Waals surface area (Å²) in [6, 6.07) is -0.143. The van der Waals surface area contributed by atoms with Crippen LogP contribution in [0.1, 0.15) is 26.2 Å². The zero-order valence-electron chi connectivity index (χ0n) is 10.6. The Morgan fingerprint density at radius 2 is 2.11 bits per heavy atom. The molecule has 0 saturated heterocycles. The Bertz CT molecular complexity index is 352. The van der Waals surface area contributed by atoms with E-state index >= 15 is 0 Å². The Morgan fingerprint density at radius 3 is 2.56 bits per heavy atom. The van der Waals surface area contributed by atoms with Gasteiger partial charge in [0.15, 0.2) is 0 Å². The average molecular weight is 257 g/mol. The molecule has 1 amide bonds. The van der Waals surface area contributed by atoms with Gasteiger partial charge in [0.05, 0.1) is 12.1 Å². The lowest BCUT2D eigenvalue weighted by Crippen LogP contribution is -2.62. The van der Waals surface area contributed by atoms with Gasteiger partial charge in [0, 0.05) is 13.7 Å². The summed E-state index contributed by atoms with van der Waals surface area (Å²) in [5.41, 5.74) is -1.19. The van der Waals surface area contributed by atoms with Crippen molar-refractivity contribution in [2.45, 2.75) is 44.4 Å². The second kappa shape index (κ2) is 4.85. The normalized spacial score (nSPS) is 32.4. The number of carboxylic acid groups (broad SMARTS) is 1. The summed E-state index contributed by atoms with van der Waals surface area (Å²) >= 11 is 0. The van der Waals surface area contributed by atoms with E-state index in [4.69, 9.17) is 14.6 Å². The van der Waals surface area contributed by atoms with E-state index in [0.717, 1.165) is 0 Å². The van der Waals surface area contributed by atoms with E-state index in [2.05, 4.69) is 5.32 Å². The molecule has 0 aromatic heterocycles. The molecule has 102 valence electrons. The molecule has 0 bridgehead atoms. The van der Waals surface area contributed by atoms with Gasteiger partial charge in [-0.3, -0.25) is 9.59 Å². The summed E-state index contributed by atoms with van der Waals surface area (Å²) in [5, 5.41) is 11.8. The Labute approximate surface area is 106 Å². The number of aliphatic carboxylic acids is 1. The molecule has 2 aliphatic carbocycles. The number of methoxy groups -OCH3 is 1. The SMILES string of the molecule is CCOC1CC(NC(=O)C2(C(=O)O)CC2)C1OC. The molecule has 0 radical (unpaired) electrons. The molecule has 2 aliphatic rings. The third-order valence-corrected chi connectivity index (χ3v) is 3.81. The van der Waals surface area contributed by atoms with Gasteiger partial charge in [0.2, 0.25) is 5.91 Å². The van der Waals surface area contributed by atoms with Crippen molar-refractivity contribution in [3.05, 3.63) is 0 Å². The summed E-state index contributed by atoms with van der Waals surface area (Å²) in [7, 11) is 1.57. The van der Waals surface area contributed by atoms with Gasteiger partial charge in [-0.15, -0.1) is 0 Å². The molecule has 0 aromatic rings. The van der Waals surface area contributed by atoms with Gasteiger partial charge in [0.1, 0.15) is 11.5 Å². The number of hydrogen-bond donors (Lipinski definition) is 2. The van der Waals surface area contributed by atoms with Crippen LogP contribution < -0.4 is 5.32 Å². The number of rotatable bonds is 6. The van der Waals surface area contributed by atoms with Crippen LogP contribution in [-0.4, -0.2) is 48.9 Å². The fourth-order valence-electron chi connectivity index (χ4n) is 2.39. The molecule has 3 unspecified atom stereocenters. The molecule has 0 aliphatic heterocycles. The first-order valence-corrected chi connectivity index (χ1v) is 6.24. The standard InChI is InChI=1S/C12H19NO5/c1-3-18-8-6-7(9(8)17-2)13-10(14)12(4-5-12)11(15)16/h7-9H,3-6H2,1-2H3,(H,13,14)(H,15,16). The first-order valence-electron chi connectivity index (χ1n) is 6.24. The third-order valence-electron chi connectivity index (χ3n) is 3.81. The van der Waals surface area contributed by atoms with E-state index in [-0.39, 0.29) is 18.2 Å². The fourth-order valence-corrected chi connectivity index (χ4v) is 2.39. The molecule has 6 heteroatoms. The molecule has 0 spiro atoms. The van der Waals surface area contributed by atoms with E-state index in [1.165, 1.54) is 0 Å². The predicted molar refractivity (Wildman–Crippen MR) is 62.1 cm³/mol. The number of carboxylic acids is 1. The van der Waals surface area contributed by atoms with Gasteiger partial charge >= 0.3 is 5.97 Å². The molecule has 6 nitrogen and oxygen atoms in total. The van der Waals surface area contributed by atoms with Crippen LogP contribution in [0, 0.1) is 5.41 Å². The lowest BCUT2D eigenvalue weighted by atomic mass is 9.84. The number of amides is 1. The minimum absolute atomic E-state index is 0.00900. The molecule has 3 atom stereocenters. The average Bonchev–Trinajstić information content (AvgIpc) is 3.08. The van der Waals surface area contributed by atoms with Crippen molar-refractivity contribution in [3.63, 3.8) is 0 Å². The smallest absolute Gasteiger partial charge is 0.319 e. The molecule has 0 aromatic carbocycles. The summed E-state index contributed by atoms with van der Waals surface area (Å²) in [4.78, 5) is 22.9. The molecule has 0 heterocycles. The van der Waals surface area contributed by atoms with Gasteiger partial charge in [-0.1, -0.05) is 0 Å². The molecule has 18 heavy (non-hydrogen) atoms. The van der Waals surface area contributed by atoms with Crippen molar-refractivity contribution < 1.29 is 24.2 Å². The number of ether oxygens (including phenoxy) is 2. The molecule has 2 fully saturated rings. The number of carbonyl (C=O) groups excluding carboxylic acids is 1. The van der Waals surface area contributed by atoms with Crippen molar-refractivity contribution in [1.82, 2.24) is 5.32 Å². The van der Waals surface area contributed by atoms with Crippen LogP contribution in [0.25, 0.3) is 0 Å². The highest BCUT2D eigenvalue weighted by molar-refractivity contribution is 6.05. The third kappa shape index (κ3) is 2.10. The maximum Gasteiger partial charge on any atom is 0.319 e. The lowest BCUT2D eigenvalue weighted by Gasteiger charge is -2.43. The predicted octanol–water partition coefficient (Wildman–Crippen LogP) is 0.160.